The second-order valence-electron chi connectivity index (χ2n) is 10.8. The van der Waals surface area contributed by atoms with Gasteiger partial charge >= 0.3 is 0 Å². The van der Waals surface area contributed by atoms with Gasteiger partial charge in [0.15, 0.2) is 0 Å². The molecule has 0 saturated carbocycles. The molecular weight excluding hydrogens is 450 g/mol. The highest BCUT2D eigenvalue weighted by Gasteiger charge is 2.24. The molecule has 2 heterocycles. The molecule has 0 aliphatic heterocycles. The minimum absolute atomic E-state index is 0.0419. The molecule has 0 aliphatic rings. The fraction of sp³-hybridized carbons (Fsp3) is 0.286. The molecule has 0 bridgehead atoms. The van der Waals surface area contributed by atoms with Crippen LogP contribution in [0.4, 0.5) is 0 Å². The Morgan fingerprint density at radius 3 is 1.70 bits per heavy atom. The van der Waals surface area contributed by atoms with Crippen LogP contribution in [0.1, 0.15) is 52.7 Å². The Bertz CT molecular complexity index is 1560. The Labute approximate surface area is 201 Å². The maximum atomic E-state index is 12.1. The van der Waals surface area contributed by atoms with Crippen LogP contribution in [-0.2, 0) is 10.8 Å². The second kappa shape index (κ2) is 7.15. The standard InChI is InChI=1S/C28H26ClNO2S/c1-27(2,3)15-7-9-19-17(13-15)18-14-16(28(4,5)6)8-10-20(18)30(19)22-12-11-21(33-22)23-24(29)26(32)25(23)31/h7-14H,1-6H3. The zero-order valence-electron chi connectivity index (χ0n) is 19.7. The van der Waals surface area contributed by atoms with Crippen molar-refractivity contribution in [2.75, 3.05) is 0 Å². The Morgan fingerprint density at radius 1 is 0.727 bits per heavy atom. The number of hydrogen-bond donors (Lipinski definition) is 0. The highest BCUT2D eigenvalue weighted by Crippen LogP contribution is 2.40. The summed E-state index contributed by atoms with van der Waals surface area (Å²) < 4.78 is 2.25. The fourth-order valence-corrected chi connectivity index (χ4v) is 5.77. The summed E-state index contributed by atoms with van der Waals surface area (Å²) in [6.07, 6.45) is 0. The summed E-state index contributed by atoms with van der Waals surface area (Å²) in [4.78, 5) is 24.4. The quantitative estimate of drug-likeness (QED) is 0.250. The largest absolute Gasteiger partial charge is 0.301 e. The molecule has 0 radical (unpaired) electrons. The molecule has 168 valence electrons. The van der Waals surface area contributed by atoms with Crippen molar-refractivity contribution in [1.29, 1.82) is 0 Å². The Kier molecular flexibility index (Phi) is 4.79. The molecule has 0 unspecified atom stereocenters. The lowest BCUT2D eigenvalue weighted by Crippen LogP contribution is -2.32. The van der Waals surface area contributed by atoms with Crippen molar-refractivity contribution >= 4 is 44.7 Å². The molecule has 0 saturated heterocycles. The summed E-state index contributed by atoms with van der Waals surface area (Å²) in [5.41, 5.74) is 4.14. The molecule has 3 aromatic carbocycles. The molecule has 2 aromatic heterocycles. The Morgan fingerprint density at radius 2 is 1.24 bits per heavy atom. The Hall–Kier alpha value is -2.69. The third kappa shape index (κ3) is 3.39. The first-order valence-corrected chi connectivity index (χ1v) is 12.3. The minimum Gasteiger partial charge on any atom is -0.301 e. The third-order valence-electron chi connectivity index (χ3n) is 6.41. The van der Waals surface area contributed by atoms with E-state index in [4.69, 9.17) is 11.6 Å². The van der Waals surface area contributed by atoms with E-state index in [0.29, 0.717) is 5.56 Å². The van der Waals surface area contributed by atoms with Gasteiger partial charge in [-0.2, -0.15) is 0 Å². The molecule has 0 aliphatic carbocycles. The number of halogens is 1. The van der Waals surface area contributed by atoms with Gasteiger partial charge in [-0.25, -0.2) is 0 Å². The van der Waals surface area contributed by atoms with Crippen molar-refractivity contribution in [1.82, 2.24) is 4.57 Å². The summed E-state index contributed by atoms with van der Waals surface area (Å²) in [7, 11) is 0. The van der Waals surface area contributed by atoms with Crippen LogP contribution < -0.4 is 10.9 Å². The predicted octanol–water partition coefficient (Wildman–Crippen LogP) is 7.36. The molecule has 33 heavy (non-hydrogen) atoms. The Balaban J connectivity index is 1.80. The smallest absolute Gasteiger partial charge is 0.245 e. The van der Waals surface area contributed by atoms with Gasteiger partial charge < -0.3 is 4.57 Å². The van der Waals surface area contributed by atoms with Gasteiger partial charge in [-0.3, -0.25) is 9.59 Å². The number of aromatic nitrogens is 1. The van der Waals surface area contributed by atoms with E-state index in [9.17, 15) is 9.59 Å². The average molecular weight is 476 g/mol. The zero-order chi connectivity index (χ0) is 23.9. The van der Waals surface area contributed by atoms with Crippen LogP contribution in [-0.4, -0.2) is 4.57 Å². The van der Waals surface area contributed by atoms with Crippen LogP contribution in [0.3, 0.4) is 0 Å². The molecule has 0 fully saturated rings. The van der Waals surface area contributed by atoms with Crippen molar-refractivity contribution in [2.24, 2.45) is 0 Å². The van der Waals surface area contributed by atoms with Gasteiger partial charge in [0, 0.05) is 15.6 Å². The third-order valence-corrected chi connectivity index (χ3v) is 7.86. The molecule has 5 rings (SSSR count). The van der Waals surface area contributed by atoms with Crippen LogP contribution in [0, 0.1) is 0 Å². The van der Waals surface area contributed by atoms with Crippen LogP contribution in [0.25, 0.3) is 37.2 Å². The number of rotatable bonds is 2. The highest BCUT2D eigenvalue weighted by molar-refractivity contribution is 7.18. The first-order valence-electron chi connectivity index (χ1n) is 11.1. The van der Waals surface area contributed by atoms with E-state index in [2.05, 4.69) is 82.5 Å². The van der Waals surface area contributed by atoms with Crippen molar-refractivity contribution in [3.8, 4) is 15.4 Å². The number of thiophene rings is 1. The maximum Gasteiger partial charge on any atom is 0.245 e. The highest BCUT2D eigenvalue weighted by atomic mass is 35.5. The van der Waals surface area contributed by atoms with Crippen LogP contribution in [0.2, 0.25) is 5.02 Å². The van der Waals surface area contributed by atoms with E-state index in [1.807, 2.05) is 12.1 Å². The van der Waals surface area contributed by atoms with Crippen LogP contribution in [0.5, 0.6) is 0 Å². The number of hydrogen-bond acceptors (Lipinski definition) is 3. The van der Waals surface area contributed by atoms with Gasteiger partial charge in [0.25, 0.3) is 0 Å². The van der Waals surface area contributed by atoms with Crippen molar-refractivity contribution in [2.45, 2.75) is 52.4 Å². The summed E-state index contributed by atoms with van der Waals surface area (Å²) in [5.74, 6) is 0. The number of benzene rings is 2. The van der Waals surface area contributed by atoms with Gasteiger partial charge in [0.1, 0.15) is 10.0 Å². The summed E-state index contributed by atoms with van der Waals surface area (Å²) in [6, 6.07) is 17.3. The molecule has 0 N–H and O–H groups in total. The summed E-state index contributed by atoms with van der Waals surface area (Å²) >= 11 is 7.53. The summed E-state index contributed by atoms with van der Waals surface area (Å²) in [6.45, 7) is 13.4. The van der Waals surface area contributed by atoms with Gasteiger partial charge in [-0.15, -0.1) is 11.3 Å². The molecule has 3 nitrogen and oxygen atoms in total. The molecule has 5 aromatic rings. The van der Waals surface area contributed by atoms with Crippen LogP contribution in [0.15, 0.2) is 58.1 Å². The molecular formula is C28H26ClNO2S. The van der Waals surface area contributed by atoms with Crippen molar-refractivity contribution in [3.63, 3.8) is 0 Å². The first-order chi connectivity index (χ1) is 15.4. The molecule has 0 atom stereocenters. The van der Waals surface area contributed by atoms with Gasteiger partial charge in [0.05, 0.1) is 16.6 Å². The normalized spacial score (nSPS) is 12.9. The van der Waals surface area contributed by atoms with Crippen molar-refractivity contribution in [3.05, 3.63) is 85.1 Å². The fourth-order valence-electron chi connectivity index (χ4n) is 4.36. The maximum absolute atomic E-state index is 12.1. The predicted molar refractivity (Wildman–Crippen MR) is 141 cm³/mol. The first kappa shape index (κ1) is 22.1. The minimum atomic E-state index is -0.595. The SMILES string of the molecule is CC(C)(C)c1ccc2c(c1)c1cc(C(C)(C)C)ccc1n2-c1ccc(-c2c(Cl)c(=O)c2=O)s1. The van der Waals surface area contributed by atoms with Gasteiger partial charge in [-0.05, 0) is 58.4 Å². The van der Waals surface area contributed by atoms with E-state index in [1.165, 1.54) is 33.2 Å². The molecule has 5 heteroatoms. The monoisotopic (exact) mass is 475 g/mol. The number of fused-ring (bicyclic) bond motifs is 3. The topological polar surface area (TPSA) is 39.1 Å². The van der Waals surface area contributed by atoms with E-state index < -0.39 is 10.9 Å². The van der Waals surface area contributed by atoms with E-state index in [1.54, 1.807) is 0 Å². The summed E-state index contributed by atoms with van der Waals surface area (Å²) in [5, 5.41) is 3.46. The lowest BCUT2D eigenvalue weighted by molar-refractivity contribution is 0.590. The van der Waals surface area contributed by atoms with Crippen LogP contribution >= 0.6 is 22.9 Å². The average Bonchev–Trinajstić information content (AvgIpc) is 3.33. The molecule has 0 spiro atoms. The van der Waals surface area contributed by atoms with E-state index >= 15 is 0 Å². The van der Waals surface area contributed by atoms with Gasteiger partial charge in [0.2, 0.25) is 10.9 Å². The lowest BCUT2D eigenvalue weighted by Gasteiger charge is -2.19. The zero-order valence-corrected chi connectivity index (χ0v) is 21.2. The van der Waals surface area contributed by atoms with Crippen molar-refractivity contribution < 1.29 is 0 Å². The number of nitrogens with zero attached hydrogens (tertiary/aromatic N) is 1. The molecule has 0 amide bonds. The van der Waals surface area contributed by atoms with E-state index in [0.717, 1.165) is 20.9 Å². The van der Waals surface area contributed by atoms with E-state index in [-0.39, 0.29) is 15.9 Å². The van der Waals surface area contributed by atoms with Gasteiger partial charge in [-0.1, -0.05) is 65.3 Å². The lowest BCUT2D eigenvalue weighted by atomic mass is 9.85. The second-order valence-corrected chi connectivity index (χ2v) is 12.2.